The lowest BCUT2D eigenvalue weighted by Gasteiger charge is -2.21. The molecule has 3 N–H and O–H groups in total. The molecule has 0 radical (unpaired) electrons. The number of hydrogen-bond donors (Lipinski definition) is 2. The molecule has 112 valence electrons. The molecule has 1 saturated heterocycles. The normalized spacial score (nSPS) is 20.6. The average molecular weight is 364 g/mol. The maximum Gasteiger partial charge on any atom is 0.246 e. The monoisotopic (exact) mass is 363 g/mol. The number of hydrogen-bond acceptors (Lipinski definition) is 6. The maximum absolute atomic E-state index is 12.7. The molecule has 1 aliphatic heterocycles. The Balaban J connectivity index is 2.34. The summed E-state index contributed by atoms with van der Waals surface area (Å²) in [6.45, 7) is 0.980. The number of halogens is 1. The Hall–Kier alpha value is -0.740. The average Bonchev–Trinajstić information content (AvgIpc) is 2.89. The molecule has 1 aromatic rings. The topological polar surface area (TPSA) is 91.6 Å². The van der Waals surface area contributed by atoms with Crippen molar-refractivity contribution in [3.05, 3.63) is 16.7 Å². The van der Waals surface area contributed by atoms with E-state index in [1.165, 1.54) is 16.6 Å². The van der Waals surface area contributed by atoms with E-state index in [9.17, 15) is 8.42 Å². The third kappa shape index (κ3) is 2.96. The number of nitrogens with one attached hydrogen (secondary N) is 1. The lowest BCUT2D eigenvalue weighted by molar-refractivity contribution is 0.302. The Labute approximate surface area is 127 Å². The summed E-state index contributed by atoms with van der Waals surface area (Å²) in [4.78, 5) is 6.12. The maximum atomic E-state index is 12.7. The first-order valence-corrected chi connectivity index (χ1v) is 8.38. The van der Waals surface area contributed by atoms with Gasteiger partial charge in [-0.15, -0.1) is 0 Å². The van der Waals surface area contributed by atoms with Crippen LogP contribution in [0.5, 0.6) is 0 Å². The highest BCUT2D eigenvalue weighted by molar-refractivity contribution is 9.10. The summed E-state index contributed by atoms with van der Waals surface area (Å²) >= 11 is 3.24. The number of hydrazine groups is 1. The van der Waals surface area contributed by atoms with Crippen LogP contribution in [0.4, 0.5) is 5.82 Å². The first kappa shape index (κ1) is 15.6. The van der Waals surface area contributed by atoms with Crippen LogP contribution in [0.1, 0.15) is 6.42 Å². The highest BCUT2D eigenvalue weighted by atomic mass is 79.9. The van der Waals surface area contributed by atoms with Gasteiger partial charge in [0.05, 0.1) is 0 Å². The van der Waals surface area contributed by atoms with Crippen LogP contribution < -0.4 is 11.3 Å². The molecule has 1 aromatic heterocycles. The van der Waals surface area contributed by atoms with E-state index in [1.54, 1.807) is 0 Å². The summed E-state index contributed by atoms with van der Waals surface area (Å²) in [6.07, 6.45) is 2.32. The van der Waals surface area contributed by atoms with Gasteiger partial charge >= 0.3 is 0 Å². The minimum Gasteiger partial charge on any atom is -0.307 e. The SMILES string of the molecule is CN(C)C1CCN(S(=O)(=O)c2cc(Br)cnc2NN)C1. The van der Waals surface area contributed by atoms with Crippen LogP contribution in [-0.2, 0) is 10.0 Å². The van der Waals surface area contributed by atoms with Crippen LogP contribution in [0.2, 0.25) is 0 Å². The molecule has 9 heteroatoms. The molecule has 1 fully saturated rings. The van der Waals surface area contributed by atoms with E-state index in [2.05, 4.69) is 26.3 Å². The van der Waals surface area contributed by atoms with Gasteiger partial charge in [0.15, 0.2) is 5.82 Å². The van der Waals surface area contributed by atoms with Gasteiger partial charge in [0.2, 0.25) is 10.0 Å². The molecule has 0 spiro atoms. The van der Waals surface area contributed by atoms with Crippen LogP contribution in [0.25, 0.3) is 0 Å². The van der Waals surface area contributed by atoms with Gasteiger partial charge in [-0.25, -0.2) is 19.2 Å². The van der Waals surface area contributed by atoms with Crippen LogP contribution in [0.3, 0.4) is 0 Å². The molecule has 0 saturated carbocycles. The fraction of sp³-hybridized carbons (Fsp3) is 0.545. The minimum absolute atomic E-state index is 0.0915. The van der Waals surface area contributed by atoms with Gasteiger partial charge in [-0.3, -0.25) is 0 Å². The molecule has 0 amide bonds. The zero-order valence-electron chi connectivity index (χ0n) is 11.4. The van der Waals surface area contributed by atoms with Crippen LogP contribution >= 0.6 is 15.9 Å². The molecule has 0 aromatic carbocycles. The molecule has 1 unspecified atom stereocenters. The van der Waals surface area contributed by atoms with Gasteiger partial charge in [-0.1, -0.05) is 0 Å². The Morgan fingerprint density at radius 1 is 1.55 bits per heavy atom. The van der Waals surface area contributed by atoms with Crippen LogP contribution in [0, 0.1) is 0 Å². The molecule has 0 bridgehead atoms. The molecule has 1 atom stereocenters. The summed E-state index contributed by atoms with van der Waals surface area (Å²) in [6, 6.07) is 1.75. The largest absolute Gasteiger partial charge is 0.307 e. The molecular weight excluding hydrogens is 346 g/mol. The Morgan fingerprint density at radius 3 is 2.80 bits per heavy atom. The van der Waals surface area contributed by atoms with Crippen molar-refractivity contribution in [3.8, 4) is 0 Å². The number of nitrogen functional groups attached to an aromatic ring is 1. The number of pyridine rings is 1. The second-order valence-corrected chi connectivity index (χ2v) is 7.74. The number of aromatic nitrogens is 1. The van der Waals surface area contributed by atoms with Crippen LogP contribution in [-0.4, -0.2) is 55.8 Å². The number of likely N-dealkylation sites (N-methyl/N-ethyl adjacent to an activating group) is 1. The first-order chi connectivity index (χ1) is 9.36. The third-order valence-electron chi connectivity index (χ3n) is 3.43. The number of anilines is 1. The lowest BCUT2D eigenvalue weighted by Crippen LogP contribution is -2.35. The smallest absolute Gasteiger partial charge is 0.246 e. The van der Waals surface area contributed by atoms with Crippen LogP contribution in [0.15, 0.2) is 21.6 Å². The van der Waals surface area contributed by atoms with Crippen molar-refractivity contribution in [2.24, 2.45) is 5.84 Å². The standard InChI is InChI=1S/C11H18BrN5O2S/c1-16(2)9-3-4-17(7-9)20(18,19)10-5-8(12)6-14-11(10)15-13/h5-6,9H,3-4,7,13H2,1-2H3,(H,14,15). The molecule has 0 aliphatic carbocycles. The number of nitrogens with two attached hydrogens (primary N) is 1. The zero-order valence-corrected chi connectivity index (χ0v) is 13.8. The molecule has 1 aliphatic rings. The fourth-order valence-electron chi connectivity index (χ4n) is 2.22. The van der Waals surface area contributed by atoms with Crippen molar-refractivity contribution in [1.82, 2.24) is 14.2 Å². The summed E-state index contributed by atoms with van der Waals surface area (Å²) in [5.41, 5.74) is 2.34. The van der Waals surface area contributed by atoms with Gasteiger partial charge in [0.1, 0.15) is 4.90 Å². The predicted octanol–water partition coefficient (Wildman–Crippen LogP) is 0.454. The van der Waals surface area contributed by atoms with Gasteiger partial charge in [-0.2, -0.15) is 4.31 Å². The summed E-state index contributed by atoms with van der Waals surface area (Å²) in [7, 11) is 0.307. The Morgan fingerprint density at radius 2 is 2.25 bits per heavy atom. The van der Waals surface area contributed by atoms with E-state index in [1.807, 2.05) is 19.0 Å². The molecule has 2 heterocycles. The van der Waals surface area contributed by atoms with E-state index in [4.69, 9.17) is 5.84 Å². The quantitative estimate of drug-likeness (QED) is 0.596. The third-order valence-corrected chi connectivity index (χ3v) is 5.74. The zero-order chi connectivity index (χ0) is 14.9. The highest BCUT2D eigenvalue weighted by Crippen LogP contribution is 2.28. The van der Waals surface area contributed by atoms with E-state index >= 15 is 0 Å². The molecule has 2 rings (SSSR count). The molecular formula is C11H18BrN5O2S. The van der Waals surface area contributed by atoms with Crippen molar-refractivity contribution in [2.75, 3.05) is 32.6 Å². The van der Waals surface area contributed by atoms with Crippen molar-refractivity contribution in [2.45, 2.75) is 17.4 Å². The fourth-order valence-corrected chi connectivity index (χ4v) is 4.32. The van der Waals surface area contributed by atoms with Crippen molar-refractivity contribution < 1.29 is 8.42 Å². The van der Waals surface area contributed by atoms with E-state index in [-0.39, 0.29) is 16.8 Å². The summed E-state index contributed by atoms with van der Waals surface area (Å²) < 4.78 is 27.4. The summed E-state index contributed by atoms with van der Waals surface area (Å²) in [5, 5.41) is 0. The first-order valence-electron chi connectivity index (χ1n) is 6.15. The van der Waals surface area contributed by atoms with Crippen molar-refractivity contribution >= 4 is 31.8 Å². The Kier molecular flexibility index (Phi) is 4.65. The van der Waals surface area contributed by atoms with Gasteiger partial charge in [-0.05, 0) is 42.5 Å². The molecule has 20 heavy (non-hydrogen) atoms. The second kappa shape index (κ2) is 5.94. The van der Waals surface area contributed by atoms with Crippen molar-refractivity contribution in [3.63, 3.8) is 0 Å². The molecule has 7 nitrogen and oxygen atoms in total. The van der Waals surface area contributed by atoms with E-state index < -0.39 is 10.0 Å². The second-order valence-electron chi connectivity index (χ2n) is 4.91. The predicted molar refractivity (Wildman–Crippen MR) is 80.6 cm³/mol. The summed E-state index contributed by atoms with van der Waals surface area (Å²) in [5.74, 6) is 5.51. The van der Waals surface area contributed by atoms with Gasteiger partial charge in [0.25, 0.3) is 0 Å². The minimum atomic E-state index is -3.60. The Bertz CT molecular complexity index is 592. The van der Waals surface area contributed by atoms with Gasteiger partial charge < -0.3 is 10.3 Å². The lowest BCUT2D eigenvalue weighted by atomic mass is 10.2. The van der Waals surface area contributed by atoms with E-state index in [0.717, 1.165) is 6.42 Å². The number of rotatable bonds is 4. The van der Waals surface area contributed by atoms with Gasteiger partial charge in [0, 0.05) is 29.8 Å². The highest BCUT2D eigenvalue weighted by Gasteiger charge is 2.35. The van der Waals surface area contributed by atoms with E-state index in [0.29, 0.717) is 17.6 Å². The number of sulfonamides is 1. The number of nitrogens with zero attached hydrogens (tertiary/aromatic N) is 3. The van der Waals surface area contributed by atoms with Crippen molar-refractivity contribution in [1.29, 1.82) is 0 Å².